The molecule has 0 saturated carbocycles. The van der Waals surface area contributed by atoms with Crippen molar-refractivity contribution in [3.63, 3.8) is 0 Å². The zero-order valence-corrected chi connectivity index (χ0v) is 13.1. The van der Waals surface area contributed by atoms with Crippen LogP contribution in [0.4, 0.5) is 0 Å². The van der Waals surface area contributed by atoms with Crippen LogP contribution in [0.2, 0.25) is 5.02 Å². The molecule has 5 nitrogen and oxygen atoms in total. The standard InChI is InChI=1S/C14H18ClNO4S/c15-12-4-2-11(3-5-12)14(18)16(7-1-8-17)13-6-9-21(19,20)10-13/h2-5,13,17H,1,6-10H2. The van der Waals surface area contributed by atoms with E-state index in [0.717, 1.165) is 0 Å². The first kappa shape index (κ1) is 16.3. The van der Waals surface area contributed by atoms with E-state index < -0.39 is 9.84 Å². The number of benzene rings is 1. The molecule has 1 aliphatic heterocycles. The molecule has 1 saturated heterocycles. The van der Waals surface area contributed by atoms with Gasteiger partial charge in [0.2, 0.25) is 0 Å². The average Bonchev–Trinajstić information content (AvgIpc) is 2.80. The van der Waals surface area contributed by atoms with Gasteiger partial charge in [0.05, 0.1) is 11.5 Å². The van der Waals surface area contributed by atoms with E-state index in [1.54, 1.807) is 29.2 Å². The molecule has 1 atom stereocenters. The lowest BCUT2D eigenvalue weighted by atomic mass is 10.1. The van der Waals surface area contributed by atoms with E-state index in [1.165, 1.54) is 0 Å². The summed E-state index contributed by atoms with van der Waals surface area (Å²) >= 11 is 5.81. The number of nitrogens with zero attached hydrogens (tertiary/aromatic N) is 1. The highest BCUT2D eigenvalue weighted by atomic mass is 35.5. The van der Waals surface area contributed by atoms with Gasteiger partial charge in [0.1, 0.15) is 0 Å². The van der Waals surface area contributed by atoms with Crippen LogP contribution in [0.5, 0.6) is 0 Å². The third-order valence-corrected chi connectivity index (χ3v) is 5.56. The van der Waals surface area contributed by atoms with Gasteiger partial charge >= 0.3 is 0 Å². The summed E-state index contributed by atoms with van der Waals surface area (Å²) < 4.78 is 23.2. The summed E-state index contributed by atoms with van der Waals surface area (Å²) in [7, 11) is -3.07. The van der Waals surface area contributed by atoms with Gasteiger partial charge in [-0.2, -0.15) is 0 Å². The molecule has 1 N–H and O–H groups in total. The van der Waals surface area contributed by atoms with E-state index in [9.17, 15) is 13.2 Å². The summed E-state index contributed by atoms with van der Waals surface area (Å²) in [6.07, 6.45) is 0.878. The third kappa shape index (κ3) is 4.18. The van der Waals surface area contributed by atoms with E-state index in [4.69, 9.17) is 16.7 Å². The summed E-state index contributed by atoms with van der Waals surface area (Å²) in [5.41, 5.74) is 0.474. The molecule has 1 unspecified atom stereocenters. The van der Waals surface area contributed by atoms with Crippen LogP contribution in [0.15, 0.2) is 24.3 Å². The molecule has 1 aromatic carbocycles. The Hall–Kier alpha value is -1.11. The van der Waals surface area contributed by atoms with Crippen LogP contribution < -0.4 is 0 Å². The van der Waals surface area contributed by atoms with Crippen molar-refractivity contribution in [3.05, 3.63) is 34.9 Å². The number of hydrogen-bond acceptors (Lipinski definition) is 4. The number of hydrogen-bond donors (Lipinski definition) is 1. The number of sulfone groups is 1. The van der Waals surface area contributed by atoms with Crippen molar-refractivity contribution in [3.8, 4) is 0 Å². The fraction of sp³-hybridized carbons (Fsp3) is 0.500. The van der Waals surface area contributed by atoms with Crippen LogP contribution in [0.3, 0.4) is 0 Å². The number of amides is 1. The van der Waals surface area contributed by atoms with Gasteiger partial charge in [-0.3, -0.25) is 4.79 Å². The van der Waals surface area contributed by atoms with Crippen LogP contribution >= 0.6 is 11.6 Å². The van der Waals surface area contributed by atoms with Crippen molar-refractivity contribution >= 4 is 27.3 Å². The summed E-state index contributed by atoms with van der Waals surface area (Å²) in [6, 6.07) is 6.19. The van der Waals surface area contributed by atoms with E-state index in [2.05, 4.69) is 0 Å². The Bertz CT molecular complexity index is 600. The Labute approximate surface area is 129 Å². The van der Waals surface area contributed by atoms with Crippen molar-refractivity contribution in [2.75, 3.05) is 24.7 Å². The smallest absolute Gasteiger partial charge is 0.254 e. The van der Waals surface area contributed by atoms with Gasteiger partial charge in [0, 0.05) is 29.8 Å². The minimum Gasteiger partial charge on any atom is -0.396 e. The van der Waals surface area contributed by atoms with Gasteiger partial charge in [0.25, 0.3) is 5.91 Å². The van der Waals surface area contributed by atoms with Crippen molar-refractivity contribution in [2.24, 2.45) is 0 Å². The molecule has 0 aromatic heterocycles. The van der Waals surface area contributed by atoms with Gasteiger partial charge in [-0.1, -0.05) is 11.6 Å². The van der Waals surface area contributed by atoms with Crippen LogP contribution in [-0.2, 0) is 9.84 Å². The van der Waals surface area contributed by atoms with Crippen molar-refractivity contribution < 1.29 is 18.3 Å². The molecule has 1 aromatic rings. The number of halogens is 1. The number of aliphatic hydroxyl groups excluding tert-OH is 1. The molecule has 21 heavy (non-hydrogen) atoms. The zero-order chi connectivity index (χ0) is 15.5. The summed E-state index contributed by atoms with van der Waals surface area (Å²) in [6.45, 7) is 0.308. The molecule has 7 heteroatoms. The molecule has 1 aliphatic rings. The molecule has 1 fully saturated rings. The largest absolute Gasteiger partial charge is 0.396 e. The summed E-state index contributed by atoms with van der Waals surface area (Å²) in [4.78, 5) is 14.1. The molecule has 0 bridgehead atoms. The van der Waals surface area contributed by atoms with Crippen molar-refractivity contribution in [1.82, 2.24) is 4.90 Å². The maximum absolute atomic E-state index is 12.6. The predicted molar refractivity (Wildman–Crippen MR) is 81.3 cm³/mol. The van der Waals surface area contributed by atoms with Gasteiger partial charge in [0.15, 0.2) is 9.84 Å². The second-order valence-corrected chi connectivity index (χ2v) is 7.80. The first-order chi connectivity index (χ1) is 9.93. The van der Waals surface area contributed by atoms with Gasteiger partial charge in [-0.25, -0.2) is 8.42 Å². The maximum atomic E-state index is 12.6. The number of carbonyl (C=O) groups is 1. The highest BCUT2D eigenvalue weighted by molar-refractivity contribution is 7.91. The van der Waals surface area contributed by atoms with Gasteiger partial charge in [-0.05, 0) is 37.1 Å². The van der Waals surface area contributed by atoms with Crippen LogP contribution in [0.1, 0.15) is 23.2 Å². The quantitative estimate of drug-likeness (QED) is 0.883. The Kier molecular flexibility index (Phi) is 5.24. The Morgan fingerprint density at radius 2 is 2.00 bits per heavy atom. The zero-order valence-electron chi connectivity index (χ0n) is 11.5. The van der Waals surface area contributed by atoms with Crippen LogP contribution in [-0.4, -0.2) is 55.0 Å². The lowest BCUT2D eigenvalue weighted by Gasteiger charge is -2.28. The first-order valence-electron chi connectivity index (χ1n) is 6.81. The topological polar surface area (TPSA) is 74.7 Å². The molecule has 1 amide bonds. The second-order valence-electron chi connectivity index (χ2n) is 5.14. The fourth-order valence-corrected chi connectivity index (χ4v) is 4.33. The molecular weight excluding hydrogens is 314 g/mol. The minimum absolute atomic E-state index is 0.00222. The average molecular weight is 332 g/mol. The van der Waals surface area contributed by atoms with E-state index >= 15 is 0 Å². The van der Waals surface area contributed by atoms with Crippen LogP contribution in [0.25, 0.3) is 0 Å². The normalized spacial score (nSPS) is 20.4. The Morgan fingerprint density at radius 3 is 2.52 bits per heavy atom. The minimum atomic E-state index is -3.07. The van der Waals surface area contributed by atoms with Gasteiger partial charge < -0.3 is 10.0 Å². The van der Waals surface area contributed by atoms with Crippen molar-refractivity contribution in [1.29, 1.82) is 0 Å². The van der Waals surface area contributed by atoms with E-state index in [-0.39, 0.29) is 30.1 Å². The Morgan fingerprint density at radius 1 is 1.33 bits per heavy atom. The molecular formula is C14H18ClNO4S. The number of rotatable bonds is 5. The predicted octanol–water partition coefficient (Wildman–Crippen LogP) is 1.35. The Balaban J connectivity index is 2.19. The lowest BCUT2D eigenvalue weighted by molar-refractivity contribution is 0.0684. The molecule has 2 rings (SSSR count). The molecule has 0 spiro atoms. The summed E-state index contributed by atoms with van der Waals surface area (Å²) in [5.74, 6) is -0.110. The highest BCUT2D eigenvalue weighted by Gasteiger charge is 2.34. The van der Waals surface area contributed by atoms with Crippen molar-refractivity contribution in [2.45, 2.75) is 18.9 Å². The molecule has 1 heterocycles. The first-order valence-corrected chi connectivity index (χ1v) is 9.01. The second kappa shape index (κ2) is 6.77. The van der Waals surface area contributed by atoms with Gasteiger partial charge in [-0.15, -0.1) is 0 Å². The molecule has 0 radical (unpaired) electrons. The SMILES string of the molecule is O=C(c1ccc(Cl)cc1)N(CCCO)C1CCS(=O)(=O)C1. The highest BCUT2D eigenvalue weighted by Crippen LogP contribution is 2.21. The molecule has 116 valence electrons. The monoisotopic (exact) mass is 331 g/mol. The third-order valence-electron chi connectivity index (χ3n) is 3.56. The number of carbonyl (C=O) groups excluding carboxylic acids is 1. The molecule has 0 aliphatic carbocycles. The van der Waals surface area contributed by atoms with E-state index in [1.807, 2.05) is 0 Å². The van der Waals surface area contributed by atoms with E-state index in [0.29, 0.717) is 30.0 Å². The lowest BCUT2D eigenvalue weighted by Crippen LogP contribution is -2.42. The maximum Gasteiger partial charge on any atom is 0.254 e. The fourth-order valence-electron chi connectivity index (χ4n) is 2.47. The van der Waals surface area contributed by atoms with Crippen LogP contribution in [0, 0.1) is 0 Å². The summed E-state index contributed by atoms with van der Waals surface area (Å²) in [5, 5.41) is 9.51. The number of aliphatic hydroxyl groups is 1.